The van der Waals surface area contributed by atoms with E-state index in [2.05, 4.69) is 5.10 Å². The van der Waals surface area contributed by atoms with Gasteiger partial charge >= 0.3 is 6.18 Å². The summed E-state index contributed by atoms with van der Waals surface area (Å²) >= 11 is 13.6. The van der Waals surface area contributed by atoms with E-state index in [4.69, 9.17) is 41.2 Å². The van der Waals surface area contributed by atoms with Gasteiger partial charge in [0.15, 0.2) is 0 Å². The van der Waals surface area contributed by atoms with E-state index in [1.807, 2.05) is 0 Å². The minimum Gasteiger partial charge on any atom is -0.382 e. The molecule has 0 amide bonds. The first-order valence-electron chi connectivity index (χ1n) is 5.99. The lowest BCUT2D eigenvalue weighted by Gasteiger charge is -2.13. The summed E-state index contributed by atoms with van der Waals surface area (Å²) in [6.07, 6.45) is -4.66. The van der Waals surface area contributed by atoms with E-state index < -0.39 is 43.7 Å². The van der Waals surface area contributed by atoms with Crippen LogP contribution < -0.4 is 5.73 Å². The first-order valence-corrected chi connectivity index (χ1v) is 8.20. The first kappa shape index (κ1) is 19.1. The maximum absolute atomic E-state index is 13.3. The van der Waals surface area contributed by atoms with E-state index in [1.54, 1.807) is 0 Å². The largest absolute Gasteiger partial charge is 0.416 e. The Hall–Kier alpha value is -1.23. The van der Waals surface area contributed by atoms with Crippen molar-refractivity contribution >= 4 is 57.3 Å². The molecule has 0 aliphatic carbocycles. The monoisotopic (exact) mass is 419 g/mol. The van der Waals surface area contributed by atoms with Crippen LogP contribution in [0.2, 0.25) is 10.0 Å². The molecule has 0 saturated heterocycles. The van der Waals surface area contributed by atoms with Crippen molar-refractivity contribution in [3.8, 4) is 5.69 Å². The molecular formula is C12H7Cl2F4N3OS2. The molecule has 2 rings (SSSR count). The highest BCUT2D eigenvalue weighted by atomic mass is 35.5. The smallest absolute Gasteiger partial charge is 0.382 e. The zero-order chi connectivity index (χ0) is 18.4. The fraction of sp³-hybridized carbons (Fsp3) is 0.167. The van der Waals surface area contributed by atoms with Crippen LogP contribution in [-0.2, 0) is 17.4 Å². The van der Waals surface area contributed by atoms with Crippen LogP contribution in [0.25, 0.3) is 5.69 Å². The van der Waals surface area contributed by atoms with E-state index in [0.29, 0.717) is 12.1 Å². The molecule has 24 heavy (non-hydrogen) atoms. The fourth-order valence-electron chi connectivity index (χ4n) is 1.91. The highest BCUT2D eigenvalue weighted by Crippen LogP contribution is 2.39. The van der Waals surface area contributed by atoms with E-state index in [9.17, 15) is 21.3 Å². The van der Waals surface area contributed by atoms with Crippen molar-refractivity contribution in [2.75, 3.05) is 5.73 Å². The first-order chi connectivity index (χ1) is 10.9. The molecule has 0 bridgehead atoms. The minimum atomic E-state index is -4.66. The zero-order valence-corrected chi connectivity index (χ0v) is 14.8. The number of anilines is 1. The summed E-state index contributed by atoms with van der Waals surface area (Å²) in [5.41, 5.74) is 4.25. The normalized spacial score (nSPS) is 13.1. The van der Waals surface area contributed by atoms with Gasteiger partial charge < -0.3 is 5.73 Å². The van der Waals surface area contributed by atoms with Gasteiger partial charge in [0.2, 0.25) is 11.2 Å². The van der Waals surface area contributed by atoms with Crippen LogP contribution in [0.15, 0.2) is 17.0 Å². The number of thiocarbonyl (C=S) groups is 1. The van der Waals surface area contributed by atoms with Crippen molar-refractivity contribution in [3.05, 3.63) is 33.4 Å². The summed E-state index contributed by atoms with van der Waals surface area (Å²) in [5, 5.41) is 3.04. The molecule has 0 saturated carbocycles. The number of halogens is 6. The number of hydrogen-bond donors (Lipinski definition) is 1. The quantitative estimate of drug-likeness (QED) is 0.344. The highest BCUT2D eigenvalue weighted by Gasteiger charge is 2.33. The number of hydrogen-bond acceptors (Lipinski definition) is 4. The van der Waals surface area contributed by atoms with Crippen molar-refractivity contribution in [3.63, 3.8) is 0 Å². The molecule has 2 aromatic rings. The summed E-state index contributed by atoms with van der Waals surface area (Å²) in [4.78, 5) is -0.407. The Bertz CT molecular complexity index is 844. The standard InChI is InChI=1S/C12H7Cl2F4N3OS2/c1-4(23)8-10(24(18)22)11(19)21(20-8)9-6(13)2-5(3-7(9)14)12(15,16)17/h2-3H,19H2,1H3. The molecule has 1 atom stereocenters. The van der Waals surface area contributed by atoms with Gasteiger partial charge in [0.05, 0.1) is 15.6 Å². The molecule has 4 nitrogen and oxygen atoms in total. The Kier molecular flexibility index (Phi) is 5.24. The fourth-order valence-corrected chi connectivity index (χ4v) is 3.36. The van der Waals surface area contributed by atoms with Crippen molar-refractivity contribution in [2.45, 2.75) is 18.0 Å². The van der Waals surface area contributed by atoms with Crippen molar-refractivity contribution < 1.29 is 21.3 Å². The van der Waals surface area contributed by atoms with Crippen LogP contribution in [-0.4, -0.2) is 18.9 Å². The average molecular weight is 420 g/mol. The van der Waals surface area contributed by atoms with Crippen molar-refractivity contribution in [2.24, 2.45) is 0 Å². The number of nitrogens with zero attached hydrogens (tertiary/aromatic N) is 2. The van der Waals surface area contributed by atoms with Crippen LogP contribution in [0.4, 0.5) is 22.9 Å². The third-order valence-corrected chi connectivity index (χ3v) is 4.42. The molecule has 0 spiro atoms. The van der Waals surface area contributed by atoms with Crippen LogP contribution >= 0.6 is 35.4 Å². The lowest BCUT2D eigenvalue weighted by Crippen LogP contribution is -2.09. The van der Waals surface area contributed by atoms with Gasteiger partial charge in [-0.25, -0.2) is 8.89 Å². The molecule has 0 radical (unpaired) electrons. The molecule has 1 aromatic heterocycles. The molecule has 1 aromatic carbocycles. The maximum atomic E-state index is 13.3. The van der Waals surface area contributed by atoms with Gasteiger partial charge in [-0.15, -0.1) is 3.89 Å². The lowest BCUT2D eigenvalue weighted by molar-refractivity contribution is -0.137. The number of aromatic nitrogens is 2. The molecule has 2 N–H and O–H groups in total. The second-order valence-electron chi connectivity index (χ2n) is 4.54. The molecular weight excluding hydrogens is 413 g/mol. The average Bonchev–Trinajstić information content (AvgIpc) is 2.75. The lowest BCUT2D eigenvalue weighted by atomic mass is 10.2. The summed E-state index contributed by atoms with van der Waals surface area (Å²) in [5.74, 6) is -0.432. The van der Waals surface area contributed by atoms with Gasteiger partial charge in [-0.3, -0.25) is 0 Å². The molecule has 130 valence electrons. The van der Waals surface area contributed by atoms with Crippen molar-refractivity contribution in [1.82, 2.24) is 9.78 Å². The Morgan fingerprint density at radius 3 is 2.17 bits per heavy atom. The van der Waals surface area contributed by atoms with Gasteiger partial charge in [-0.2, -0.15) is 18.3 Å². The van der Waals surface area contributed by atoms with E-state index >= 15 is 0 Å². The van der Waals surface area contributed by atoms with Gasteiger partial charge in [0, 0.05) is 4.86 Å². The summed E-state index contributed by atoms with van der Waals surface area (Å²) in [7, 11) is 0. The maximum Gasteiger partial charge on any atom is 0.416 e. The van der Waals surface area contributed by atoms with Gasteiger partial charge in [-0.05, 0) is 19.1 Å². The molecule has 0 aliphatic heterocycles. The Morgan fingerprint density at radius 2 is 1.83 bits per heavy atom. The molecule has 1 heterocycles. The summed E-state index contributed by atoms with van der Waals surface area (Å²) in [6, 6.07) is 1.25. The predicted molar refractivity (Wildman–Crippen MR) is 87.9 cm³/mol. The van der Waals surface area contributed by atoms with E-state index in [1.165, 1.54) is 6.92 Å². The molecule has 0 fully saturated rings. The number of rotatable bonds is 3. The van der Waals surface area contributed by atoms with E-state index in [0.717, 1.165) is 4.68 Å². The van der Waals surface area contributed by atoms with Crippen LogP contribution in [0, 0.1) is 0 Å². The second kappa shape index (κ2) is 6.58. The van der Waals surface area contributed by atoms with Gasteiger partial charge in [-0.1, -0.05) is 35.4 Å². The number of nitrogen functional groups attached to an aromatic ring is 1. The molecule has 0 aliphatic rings. The highest BCUT2D eigenvalue weighted by molar-refractivity contribution is 7.81. The SMILES string of the molecule is CC(=S)c1nn(-c2c(Cl)cc(C(F)(F)F)cc2Cl)c(N)c1S(=O)F. The van der Waals surface area contributed by atoms with Crippen molar-refractivity contribution in [1.29, 1.82) is 0 Å². The number of nitrogens with two attached hydrogens (primary N) is 1. The van der Waals surface area contributed by atoms with Gasteiger partial charge in [0.1, 0.15) is 22.1 Å². The number of benzene rings is 1. The summed E-state index contributed by atoms with van der Waals surface area (Å²) in [6.45, 7) is 1.40. The number of alkyl halides is 3. The van der Waals surface area contributed by atoms with Crippen LogP contribution in [0.5, 0.6) is 0 Å². The zero-order valence-electron chi connectivity index (χ0n) is 11.6. The second-order valence-corrected chi connectivity index (χ2v) is 6.82. The predicted octanol–water partition coefficient (Wildman–Crippen LogP) is 4.51. The third kappa shape index (κ3) is 3.41. The summed E-state index contributed by atoms with van der Waals surface area (Å²) < 4.78 is 63.7. The molecule has 12 heteroatoms. The Morgan fingerprint density at radius 1 is 1.33 bits per heavy atom. The van der Waals surface area contributed by atoms with E-state index in [-0.39, 0.29) is 16.2 Å². The third-order valence-electron chi connectivity index (χ3n) is 2.93. The minimum absolute atomic E-state index is 0.0839. The van der Waals surface area contributed by atoms with Gasteiger partial charge in [0.25, 0.3) is 0 Å². The Balaban J connectivity index is 2.77. The topological polar surface area (TPSA) is 60.9 Å². The van der Waals surface area contributed by atoms with Crippen LogP contribution in [0.3, 0.4) is 0 Å². The van der Waals surface area contributed by atoms with Crippen LogP contribution in [0.1, 0.15) is 18.2 Å². The Labute approximate surface area is 151 Å². The molecule has 1 unspecified atom stereocenters.